The van der Waals surface area contributed by atoms with Crippen LogP contribution in [0.1, 0.15) is 0 Å². The van der Waals surface area contributed by atoms with Crippen LogP contribution in [0, 0.1) is 0 Å². The Morgan fingerprint density at radius 3 is 1.38 bits per heavy atom. The van der Waals surface area contributed by atoms with Crippen molar-refractivity contribution in [3.05, 3.63) is 237 Å². The van der Waals surface area contributed by atoms with Gasteiger partial charge in [-0.1, -0.05) is 176 Å². The predicted octanol–water partition coefficient (Wildman–Crippen LogP) is 16.5. The molecule has 0 radical (unpaired) electrons. The fraction of sp³-hybridized carbons (Fsp3) is 0. The third-order valence-electron chi connectivity index (χ3n) is 11.7. The van der Waals surface area contributed by atoms with E-state index in [1.165, 1.54) is 43.8 Å². The maximum absolute atomic E-state index is 6.46. The first-order chi connectivity index (χ1) is 29.7. The minimum absolute atomic E-state index is 0.860. The Labute approximate surface area is 349 Å². The highest BCUT2D eigenvalue weighted by Gasteiger charge is 2.17. The Morgan fingerprint density at radius 1 is 0.267 bits per heavy atom. The van der Waals surface area contributed by atoms with Crippen molar-refractivity contribution in [1.82, 2.24) is 0 Å². The summed E-state index contributed by atoms with van der Waals surface area (Å²) in [7, 11) is 0. The molecule has 0 aliphatic rings. The van der Waals surface area contributed by atoms with Crippen molar-refractivity contribution in [3.63, 3.8) is 0 Å². The van der Waals surface area contributed by atoms with Crippen molar-refractivity contribution in [3.8, 4) is 55.8 Å². The van der Waals surface area contributed by atoms with Crippen LogP contribution >= 0.6 is 0 Å². The maximum atomic E-state index is 6.46. The van der Waals surface area contributed by atoms with Crippen LogP contribution in [0.25, 0.3) is 88.3 Å². The first kappa shape index (κ1) is 35.2. The van der Waals surface area contributed by atoms with Gasteiger partial charge >= 0.3 is 0 Å². The fourth-order valence-corrected chi connectivity index (χ4v) is 8.68. The molecule has 1 heterocycles. The molecule has 10 aromatic carbocycles. The van der Waals surface area contributed by atoms with Crippen molar-refractivity contribution in [2.24, 2.45) is 0 Å². The molecule has 0 atom stereocenters. The van der Waals surface area contributed by atoms with Crippen molar-refractivity contribution in [1.29, 1.82) is 0 Å². The van der Waals surface area contributed by atoms with Gasteiger partial charge in [-0.05, 0) is 127 Å². The van der Waals surface area contributed by atoms with Gasteiger partial charge in [0, 0.05) is 28.0 Å². The topological polar surface area (TPSA) is 16.4 Å². The molecule has 0 aliphatic carbocycles. The molecule has 1 aromatic heterocycles. The van der Waals surface area contributed by atoms with E-state index in [4.69, 9.17) is 4.42 Å². The van der Waals surface area contributed by atoms with E-state index in [9.17, 15) is 0 Å². The summed E-state index contributed by atoms with van der Waals surface area (Å²) < 4.78 is 6.46. The van der Waals surface area contributed by atoms with Gasteiger partial charge in [0.1, 0.15) is 11.3 Å². The van der Waals surface area contributed by atoms with Crippen LogP contribution in [0.15, 0.2) is 241 Å². The van der Waals surface area contributed by atoms with Crippen LogP contribution in [0.3, 0.4) is 0 Å². The average molecular weight is 766 g/mol. The minimum Gasteiger partial charge on any atom is -0.456 e. The molecule has 2 nitrogen and oxygen atoms in total. The van der Waals surface area contributed by atoms with Gasteiger partial charge in [0.25, 0.3) is 0 Å². The first-order valence-corrected chi connectivity index (χ1v) is 20.5. The van der Waals surface area contributed by atoms with Crippen LogP contribution < -0.4 is 4.90 Å². The first-order valence-electron chi connectivity index (χ1n) is 20.5. The normalized spacial score (nSPS) is 11.3. The smallest absolute Gasteiger partial charge is 0.136 e. The highest BCUT2D eigenvalue weighted by atomic mass is 16.3. The predicted molar refractivity (Wildman–Crippen MR) is 253 cm³/mol. The van der Waals surface area contributed by atoms with Crippen LogP contribution in [0.5, 0.6) is 0 Å². The van der Waals surface area contributed by atoms with E-state index in [1.54, 1.807) is 0 Å². The summed E-state index contributed by atoms with van der Waals surface area (Å²) in [6.45, 7) is 0. The maximum Gasteiger partial charge on any atom is 0.136 e. The van der Waals surface area contributed by atoms with Crippen LogP contribution in [-0.2, 0) is 0 Å². The second-order valence-corrected chi connectivity index (χ2v) is 15.3. The van der Waals surface area contributed by atoms with Gasteiger partial charge in [-0.15, -0.1) is 0 Å². The SMILES string of the molecule is c1ccc(-c2ccc(N(c3ccc(-c4ccc(-c5ccccc5)c(-c5cc6ccccc6o5)c4)cc3)c3ccc(-c4cc5ccccc5c5ccccc45)cc3)cc2)cc1. The molecule has 0 amide bonds. The largest absolute Gasteiger partial charge is 0.456 e. The Balaban J connectivity index is 0.989. The Kier molecular flexibility index (Phi) is 8.87. The lowest BCUT2D eigenvalue weighted by Gasteiger charge is -2.26. The highest BCUT2D eigenvalue weighted by molar-refractivity contribution is 6.13. The van der Waals surface area contributed by atoms with E-state index in [-0.39, 0.29) is 0 Å². The number of nitrogens with zero attached hydrogens (tertiary/aromatic N) is 1. The molecule has 0 unspecified atom stereocenters. The second-order valence-electron chi connectivity index (χ2n) is 15.3. The number of furan rings is 1. The number of benzene rings is 10. The third kappa shape index (κ3) is 6.51. The number of para-hydroxylation sites is 1. The fourth-order valence-electron chi connectivity index (χ4n) is 8.68. The molecule has 0 fully saturated rings. The van der Waals surface area contributed by atoms with E-state index < -0.39 is 0 Å². The summed E-state index contributed by atoms with van der Waals surface area (Å²) in [5.74, 6) is 0.860. The quantitative estimate of drug-likeness (QED) is 0.143. The molecule has 0 aliphatic heterocycles. The molecule has 0 N–H and O–H groups in total. The Bertz CT molecular complexity index is 3240. The lowest BCUT2D eigenvalue weighted by atomic mass is 9.93. The number of hydrogen-bond donors (Lipinski definition) is 0. The number of anilines is 3. The van der Waals surface area contributed by atoms with E-state index in [0.717, 1.165) is 61.6 Å². The minimum atomic E-state index is 0.860. The van der Waals surface area contributed by atoms with Crippen LogP contribution in [0.2, 0.25) is 0 Å². The Morgan fingerprint density at radius 2 is 0.733 bits per heavy atom. The molecule has 0 spiro atoms. The molecule has 11 rings (SSSR count). The Hall–Kier alpha value is -7.94. The van der Waals surface area contributed by atoms with Gasteiger partial charge in [-0.3, -0.25) is 0 Å². The monoisotopic (exact) mass is 765 g/mol. The molecule has 0 bridgehead atoms. The summed E-state index contributed by atoms with van der Waals surface area (Å²) in [5, 5.41) is 6.15. The van der Waals surface area contributed by atoms with Crippen LogP contribution in [0.4, 0.5) is 17.1 Å². The van der Waals surface area contributed by atoms with Gasteiger partial charge in [0.05, 0.1) is 0 Å². The van der Waals surface area contributed by atoms with Gasteiger partial charge in [-0.25, -0.2) is 0 Å². The molecule has 60 heavy (non-hydrogen) atoms. The lowest BCUT2D eigenvalue weighted by Crippen LogP contribution is -2.09. The summed E-state index contributed by atoms with van der Waals surface area (Å²) in [6, 6.07) is 84.8. The van der Waals surface area contributed by atoms with Gasteiger partial charge in [0.15, 0.2) is 0 Å². The zero-order valence-corrected chi connectivity index (χ0v) is 32.9. The molecule has 282 valence electrons. The summed E-state index contributed by atoms with van der Waals surface area (Å²) in [4.78, 5) is 2.35. The van der Waals surface area contributed by atoms with Crippen molar-refractivity contribution < 1.29 is 4.42 Å². The highest BCUT2D eigenvalue weighted by Crippen LogP contribution is 2.42. The van der Waals surface area contributed by atoms with Crippen LogP contribution in [-0.4, -0.2) is 0 Å². The molecular formula is C58H39NO. The zero-order chi connectivity index (χ0) is 39.8. The van der Waals surface area contributed by atoms with Crippen molar-refractivity contribution >= 4 is 49.6 Å². The van der Waals surface area contributed by atoms with Crippen molar-refractivity contribution in [2.45, 2.75) is 0 Å². The third-order valence-corrected chi connectivity index (χ3v) is 11.7. The molecule has 0 saturated carbocycles. The molecular weight excluding hydrogens is 727 g/mol. The molecule has 2 heteroatoms. The second kappa shape index (κ2) is 15.1. The van der Waals surface area contributed by atoms with E-state index in [2.05, 4.69) is 229 Å². The molecule has 11 aromatic rings. The van der Waals surface area contributed by atoms with E-state index in [1.807, 2.05) is 12.1 Å². The zero-order valence-electron chi connectivity index (χ0n) is 32.9. The summed E-state index contributed by atoms with van der Waals surface area (Å²) >= 11 is 0. The van der Waals surface area contributed by atoms with Gasteiger partial charge < -0.3 is 9.32 Å². The number of hydrogen-bond acceptors (Lipinski definition) is 2. The lowest BCUT2D eigenvalue weighted by molar-refractivity contribution is 0.632. The number of fused-ring (bicyclic) bond motifs is 4. The molecule has 0 saturated heterocycles. The van der Waals surface area contributed by atoms with E-state index >= 15 is 0 Å². The van der Waals surface area contributed by atoms with E-state index in [0.29, 0.717) is 0 Å². The summed E-state index contributed by atoms with van der Waals surface area (Å²) in [5.41, 5.74) is 14.6. The summed E-state index contributed by atoms with van der Waals surface area (Å²) in [6.07, 6.45) is 0. The number of rotatable bonds is 8. The average Bonchev–Trinajstić information content (AvgIpc) is 3.77. The van der Waals surface area contributed by atoms with Crippen molar-refractivity contribution in [2.75, 3.05) is 4.90 Å². The van der Waals surface area contributed by atoms with Gasteiger partial charge in [-0.2, -0.15) is 0 Å². The standard InChI is InChI=1S/C58H39NO/c1-3-13-40(14-4-1)41-23-30-48(31-24-41)59(50-34-27-44(28-35-50)55-38-46-17-7-9-19-51(46)53-20-10-11-21-54(53)55)49-32-25-42(26-33-49)45-29-36-52(43-15-5-2-6-16-43)56(37-45)58-39-47-18-8-12-22-57(47)60-58/h1-39H. The van der Waals surface area contributed by atoms with Gasteiger partial charge in [0.2, 0.25) is 0 Å².